The van der Waals surface area contributed by atoms with Gasteiger partial charge in [0.15, 0.2) is 9.84 Å². The molecule has 0 saturated carbocycles. The number of β-amino-alcohol motifs (C(OH)–C–C–N with tert-alkyl or cyclic N) is 1. The lowest BCUT2D eigenvalue weighted by molar-refractivity contribution is -0.147. The minimum Gasteiger partial charge on any atom is -0.480 e. The van der Waals surface area contributed by atoms with Crippen molar-refractivity contribution in [2.75, 3.05) is 23.8 Å². The van der Waals surface area contributed by atoms with Crippen LogP contribution < -0.4 is 0 Å². The number of aliphatic carboxylic acids is 1. The first-order valence-electron chi connectivity index (χ1n) is 6.31. The zero-order valence-corrected chi connectivity index (χ0v) is 12.4. The van der Waals surface area contributed by atoms with Gasteiger partial charge in [-0.2, -0.15) is 0 Å². The molecule has 3 atom stereocenters. The number of carbonyl (C=O) groups is 2. The number of carboxylic acids is 1. The molecule has 0 aromatic rings. The Hall–Kier alpha value is -0.800. The Kier molecular flexibility index (Phi) is 4.60. The summed E-state index contributed by atoms with van der Waals surface area (Å²) in [5, 5.41) is 18.4. The molecule has 7 nitrogen and oxygen atoms in total. The first-order chi connectivity index (χ1) is 9.28. The third-order valence-electron chi connectivity index (χ3n) is 3.52. The molecule has 2 N–H and O–H groups in total. The average Bonchev–Trinajstić information content (AvgIpc) is 2.89. The fraction of sp³-hybridized carbons (Fsp3) is 0.818. The number of hydrogen-bond acceptors (Lipinski definition) is 6. The number of sulfone groups is 1. The molecule has 0 aliphatic carbocycles. The second-order valence-corrected chi connectivity index (χ2v) is 8.64. The number of amides is 1. The highest BCUT2D eigenvalue weighted by atomic mass is 32.2. The van der Waals surface area contributed by atoms with Gasteiger partial charge in [-0.05, 0) is 6.42 Å². The number of carboxylic acid groups (broad SMARTS) is 1. The van der Waals surface area contributed by atoms with Crippen LogP contribution in [-0.2, 0) is 19.4 Å². The SMILES string of the molecule is O=C(O)[C@@H]1C[C@@H](O)CN1C(=O)CSC1CCS(=O)(=O)C1. The van der Waals surface area contributed by atoms with Crippen LogP contribution in [0, 0.1) is 0 Å². The average molecular weight is 323 g/mol. The summed E-state index contributed by atoms with van der Waals surface area (Å²) in [4.78, 5) is 24.2. The number of nitrogens with zero attached hydrogens (tertiary/aromatic N) is 1. The second kappa shape index (κ2) is 5.90. The van der Waals surface area contributed by atoms with Crippen LogP contribution in [0.4, 0.5) is 0 Å². The molecule has 2 fully saturated rings. The Morgan fingerprint density at radius 2 is 2.05 bits per heavy atom. The summed E-state index contributed by atoms with van der Waals surface area (Å²) in [6.45, 7) is 0.0271. The van der Waals surface area contributed by atoms with Gasteiger partial charge in [-0.15, -0.1) is 11.8 Å². The molecule has 0 spiro atoms. The molecule has 2 aliphatic heterocycles. The van der Waals surface area contributed by atoms with Crippen LogP contribution in [0.2, 0.25) is 0 Å². The van der Waals surface area contributed by atoms with E-state index in [-0.39, 0.29) is 41.4 Å². The molecule has 1 amide bonds. The number of likely N-dealkylation sites (tertiary alicyclic amines) is 1. The van der Waals surface area contributed by atoms with Gasteiger partial charge in [0.25, 0.3) is 0 Å². The lowest BCUT2D eigenvalue weighted by Gasteiger charge is -2.21. The predicted molar refractivity (Wildman–Crippen MR) is 73.3 cm³/mol. The molecule has 20 heavy (non-hydrogen) atoms. The van der Waals surface area contributed by atoms with E-state index in [0.717, 1.165) is 0 Å². The maximum Gasteiger partial charge on any atom is 0.326 e. The van der Waals surface area contributed by atoms with Crippen LogP contribution >= 0.6 is 11.8 Å². The van der Waals surface area contributed by atoms with E-state index in [1.165, 1.54) is 16.7 Å². The van der Waals surface area contributed by atoms with Gasteiger partial charge in [0.1, 0.15) is 6.04 Å². The third kappa shape index (κ3) is 3.64. The fourth-order valence-corrected chi connectivity index (χ4v) is 6.02. The molecule has 0 aromatic carbocycles. The molecular formula is C11H17NO6S2. The highest BCUT2D eigenvalue weighted by molar-refractivity contribution is 8.02. The molecule has 2 saturated heterocycles. The van der Waals surface area contributed by atoms with Crippen molar-refractivity contribution < 1.29 is 28.2 Å². The Labute approximate surface area is 121 Å². The van der Waals surface area contributed by atoms with Crippen molar-refractivity contribution in [3.63, 3.8) is 0 Å². The Morgan fingerprint density at radius 1 is 1.35 bits per heavy atom. The summed E-state index contributed by atoms with van der Waals surface area (Å²) in [7, 11) is -2.98. The summed E-state index contributed by atoms with van der Waals surface area (Å²) in [5.41, 5.74) is 0. The molecule has 2 aliphatic rings. The monoisotopic (exact) mass is 323 g/mol. The Bertz CT molecular complexity index is 505. The van der Waals surface area contributed by atoms with Crippen LogP contribution in [-0.4, -0.2) is 76.6 Å². The zero-order chi connectivity index (χ0) is 14.9. The van der Waals surface area contributed by atoms with E-state index in [4.69, 9.17) is 5.11 Å². The van der Waals surface area contributed by atoms with E-state index >= 15 is 0 Å². The van der Waals surface area contributed by atoms with E-state index in [1.54, 1.807) is 0 Å². The summed E-state index contributed by atoms with van der Waals surface area (Å²) in [5.74, 6) is -1.20. The topological polar surface area (TPSA) is 112 Å². The lowest BCUT2D eigenvalue weighted by Crippen LogP contribution is -2.41. The minimum atomic E-state index is -2.98. The summed E-state index contributed by atoms with van der Waals surface area (Å²) < 4.78 is 22.6. The van der Waals surface area contributed by atoms with Crippen molar-refractivity contribution in [2.45, 2.75) is 30.2 Å². The predicted octanol–water partition coefficient (Wildman–Crippen LogP) is -1.05. The van der Waals surface area contributed by atoms with E-state index in [0.29, 0.717) is 6.42 Å². The number of thioether (sulfide) groups is 1. The van der Waals surface area contributed by atoms with Crippen molar-refractivity contribution in [3.8, 4) is 0 Å². The first-order valence-corrected chi connectivity index (χ1v) is 9.18. The number of aliphatic hydroxyl groups is 1. The fourth-order valence-electron chi connectivity index (χ4n) is 2.49. The highest BCUT2D eigenvalue weighted by Crippen LogP contribution is 2.26. The summed E-state index contributed by atoms with van der Waals surface area (Å²) in [6, 6.07) is -0.981. The van der Waals surface area contributed by atoms with Gasteiger partial charge in [-0.25, -0.2) is 13.2 Å². The summed E-state index contributed by atoms with van der Waals surface area (Å²) >= 11 is 1.25. The zero-order valence-electron chi connectivity index (χ0n) is 10.8. The largest absolute Gasteiger partial charge is 0.480 e. The Balaban J connectivity index is 1.87. The second-order valence-electron chi connectivity index (χ2n) is 5.13. The normalized spacial score (nSPS) is 32.5. The van der Waals surface area contributed by atoms with Crippen molar-refractivity contribution in [2.24, 2.45) is 0 Å². The number of hydrogen-bond donors (Lipinski definition) is 2. The van der Waals surface area contributed by atoms with Crippen molar-refractivity contribution in [1.29, 1.82) is 0 Å². The molecular weight excluding hydrogens is 306 g/mol. The minimum absolute atomic E-state index is 0.0271. The van der Waals surface area contributed by atoms with Crippen molar-refractivity contribution >= 4 is 33.5 Å². The van der Waals surface area contributed by atoms with E-state index in [1.807, 2.05) is 0 Å². The molecule has 114 valence electrons. The maximum atomic E-state index is 12.0. The van der Waals surface area contributed by atoms with E-state index in [2.05, 4.69) is 0 Å². The van der Waals surface area contributed by atoms with E-state index in [9.17, 15) is 23.1 Å². The van der Waals surface area contributed by atoms with E-state index < -0.39 is 28.0 Å². The van der Waals surface area contributed by atoms with Gasteiger partial charge in [0, 0.05) is 18.2 Å². The van der Waals surface area contributed by atoms with Crippen LogP contribution in [0.3, 0.4) is 0 Å². The molecule has 2 heterocycles. The van der Waals surface area contributed by atoms with Gasteiger partial charge in [-0.3, -0.25) is 4.79 Å². The van der Waals surface area contributed by atoms with Crippen LogP contribution in [0.15, 0.2) is 0 Å². The number of aliphatic hydroxyl groups excluding tert-OH is 1. The maximum absolute atomic E-state index is 12.0. The standard InChI is InChI=1S/C11H17NO6S2/c13-7-3-9(11(15)16)12(4-7)10(14)5-19-8-1-2-20(17,18)6-8/h7-9,13H,1-6H2,(H,15,16)/t7-,8?,9+/m1/s1. The number of carbonyl (C=O) groups excluding carboxylic acids is 1. The molecule has 1 unspecified atom stereocenters. The van der Waals surface area contributed by atoms with Crippen molar-refractivity contribution in [3.05, 3.63) is 0 Å². The van der Waals surface area contributed by atoms with Crippen LogP contribution in [0.5, 0.6) is 0 Å². The van der Waals surface area contributed by atoms with Crippen molar-refractivity contribution in [1.82, 2.24) is 4.90 Å². The molecule has 0 radical (unpaired) electrons. The highest BCUT2D eigenvalue weighted by Gasteiger charge is 2.39. The molecule has 0 aromatic heterocycles. The molecule has 2 rings (SSSR count). The first kappa shape index (κ1) is 15.6. The van der Waals surface area contributed by atoms with Gasteiger partial charge >= 0.3 is 5.97 Å². The van der Waals surface area contributed by atoms with Gasteiger partial charge in [0.05, 0.1) is 23.4 Å². The smallest absolute Gasteiger partial charge is 0.326 e. The quantitative estimate of drug-likeness (QED) is 0.679. The van der Waals surface area contributed by atoms with Crippen LogP contribution in [0.1, 0.15) is 12.8 Å². The lowest BCUT2D eigenvalue weighted by atomic mass is 10.2. The van der Waals surface area contributed by atoms with Crippen LogP contribution in [0.25, 0.3) is 0 Å². The van der Waals surface area contributed by atoms with Gasteiger partial charge in [0.2, 0.25) is 5.91 Å². The molecule has 9 heteroatoms. The Morgan fingerprint density at radius 3 is 2.60 bits per heavy atom. The summed E-state index contributed by atoms with van der Waals surface area (Å²) in [6.07, 6.45) is -0.230. The third-order valence-corrected chi connectivity index (χ3v) is 6.78. The number of rotatable bonds is 4. The van der Waals surface area contributed by atoms with Gasteiger partial charge in [-0.1, -0.05) is 0 Å². The van der Waals surface area contributed by atoms with Gasteiger partial charge < -0.3 is 15.1 Å². The molecule has 0 bridgehead atoms.